The van der Waals surface area contributed by atoms with Gasteiger partial charge < -0.3 is 15.7 Å². The van der Waals surface area contributed by atoms with Crippen molar-refractivity contribution in [3.63, 3.8) is 0 Å². The van der Waals surface area contributed by atoms with Gasteiger partial charge >= 0.3 is 5.97 Å². The molecule has 1 aromatic rings. The van der Waals surface area contributed by atoms with Crippen molar-refractivity contribution in [3.05, 3.63) is 23.8 Å². The Balaban J connectivity index is 2.40. The molecule has 3 N–H and O–H groups in total. The van der Waals surface area contributed by atoms with Crippen LogP contribution in [0.1, 0.15) is 29.6 Å². The number of benzene rings is 1. The molecule has 2 rings (SSSR count). The molecule has 0 aliphatic carbocycles. The maximum absolute atomic E-state index is 11.1. The topological polar surface area (TPSA) is 66.6 Å². The molecule has 1 aliphatic heterocycles. The van der Waals surface area contributed by atoms with Crippen LogP contribution in [0.25, 0.3) is 0 Å². The van der Waals surface area contributed by atoms with Gasteiger partial charge in [-0.2, -0.15) is 0 Å². The summed E-state index contributed by atoms with van der Waals surface area (Å²) in [5.74, 6) is -0.909. The van der Waals surface area contributed by atoms with Crippen molar-refractivity contribution in [1.29, 1.82) is 0 Å². The molecule has 16 heavy (non-hydrogen) atoms. The van der Waals surface area contributed by atoms with E-state index in [0.29, 0.717) is 16.9 Å². The lowest BCUT2D eigenvalue weighted by Crippen LogP contribution is -2.31. The zero-order valence-electron chi connectivity index (χ0n) is 9.15. The van der Waals surface area contributed by atoms with Crippen LogP contribution in [-0.2, 0) is 0 Å². The van der Waals surface area contributed by atoms with E-state index in [-0.39, 0.29) is 0 Å². The van der Waals surface area contributed by atoms with Gasteiger partial charge in [-0.15, -0.1) is 0 Å². The highest BCUT2D eigenvalue weighted by atomic mass is 16.4. The van der Waals surface area contributed by atoms with Crippen molar-refractivity contribution >= 4 is 17.3 Å². The molecule has 1 saturated heterocycles. The number of anilines is 2. The summed E-state index contributed by atoms with van der Waals surface area (Å²) in [6.07, 6.45) is 3.42. The highest BCUT2D eigenvalue weighted by Crippen LogP contribution is 2.30. The Morgan fingerprint density at radius 1 is 1.25 bits per heavy atom. The van der Waals surface area contributed by atoms with Gasteiger partial charge in [-0.3, -0.25) is 0 Å². The fourth-order valence-electron chi connectivity index (χ4n) is 2.20. The van der Waals surface area contributed by atoms with Crippen molar-refractivity contribution in [2.24, 2.45) is 0 Å². The second-order valence-corrected chi connectivity index (χ2v) is 4.10. The number of para-hydroxylation sites is 1. The van der Waals surface area contributed by atoms with Gasteiger partial charge in [-0.05, 0) is 31.4 Å². The Morgan fingerprint density at radius 2 is 1.94 bits per heavy atom. The van der Waals surface area contributed by atoms with E-state index in [2.05, 4.69) is 4.90 Å². The molecule has 0 saturated carbocycles. The molecule has 0 spiro atoms. The van der Waals surface area contributed by atoms with Gasteiger partial charge in [0.15, 0.2) is 0 Å². The maximum Gasteiger partial charge on any atom is 0.337 e. The fourth-order valence-corrected chi connectivity index (χ4v) is 2.20. The third kappa shape index (κ3) is 1.96. The first kappa shape index (κ1) is 10.8. The van der Waals surface area contributed by atoms with Crippen molar-refractivity contribution in [3.8, 4) is 0 Å². The molecule has 0 radical (unpaired) electrons. The summed E-state index contributed by atoms with van der Waals surface area (Å²) in [7, 11) is 0. The van der Waals surface area contributed by atoms with Gasteiger partial charge in [0.25, 0.3) is 0 Å². The number of carboxylic acids is 1. The monoisotopic (exact) mass is 220 g/mol. The highest BCUT2D eigenvalue weighted by Gasteiger charge is 2.20. The number of rotatable bonds is 2. The molecule has 0 unspecified atom stereocenters. The molecular weight excluding hydrogens is 204 g/mol. The lowest BCUT2D eigenvalue weighted by atomic mass is 10.1. The number of nitrogen functional groups attached to an aromatic ring is 1. The molecule has 0 bridgehead atoms. The zero-order valence-corrected chi connectivity index (χ0v) is 9.15. The molecule has 0 aromatic heterocycles. The summed E-state index contributed by atoms with van der Waals surface area (Å²) >= 11 is 0. The largest absolute Gasteiger partial charge is 0.478 e. The minimum Gasteiger partial charge on any atom is -0.478 e. The third-order valence-corrected chi connectivity index (χ3v) is 2.97. The molecule has 4 nitrogen and oxygen atoms in total. The Kier molecular flexibility index (Phi) is 2.99. The first-order chi connectivity index (χ1) is 7.70. The second-order valence-electron chi connectivity index (χ2n) is 4.10. The van der Waals surface area contributed by atoms with E-state index in [9.17, 15) is 4.79 Å². The first-order valence-corrected chi connectivity index (χ1v) is 5.57. The van der Waals surface area contributed by atoms with Gasteiger partial charge in [-0.25, -0.2) is 4.79 Å². The molecule has 1 heterocycles. The van der Waals surface area contributed by atoms with E-state index >= 15 is 0 Å². The number of piperidine rings is 1. The van der Waals surface area contributed by atoms with E-state index in [4.69, 9.17) is 10.8 Å². The quantitative estimate of drug-likeness (QED) is 0.748. The number of aromatic carboxylic acids is 1. The Labute approximate surface area is 94.7 Å². The number of nitrogens with two attached hydrogens (primary N) is 1. The first-order valence-electron chi connectivity index (χ1n) is 5.57. The number of nitrogens with zero attached hydrogens (tertiary/aromatic N) is 1. The predicted octanol–water partition coefficient (Wildman–Crippen LogP) is 1.96. The molecule has 1 fully saturated rings. The Morgan fingerprint density at radius 3 is 2.56 bits per heavy atom. The lowest BCUT2D eigenvalue weighted by Gasteiger charge is -2.30. The molecule has 1 aliphatic rings. The van der Waals surface area contributed by atoms with Gasteiger partial charge in [0, 0.05) is 13.1 Å². The normalized spacial score (nSPS) is 16.1. The smallest absolute Gasteiger partial charge is 0.337 e. The maximum atomic E-state index is 11.1. The van der Waals surface area contributed by atoms with Crippen LogP contribution in [0.3, 0.4) is 0 Å². The number of carbonyl (C=O) groups is 1. The van der Waals surface area contributed by atoms with E-state index < -0.39 is 5.97 Å². The Hall–Kier alpha value is -1.71. The predicted molar refractivity (Wildman–Crippen MR) is 63.9 cm³/mol. The van der Waals surface area contributed by atoms with Crippen LogP contribution in [0.2, 0.25) is 0 Å². The standard InChI is InChI=1S/C12H16N2O2/c13-10-6-4-5-9(12(15)16)11(10)14-7-2-1-3-8-14/h4-6H,1-3,7-8,13H2,(H,15,16). The summed E-state index contributed by atoms with van der Waals surface area (Å²) in [5, 5.41) is 9.14. The molecule has 0 atom stereocenters. The Bertz CT molecular complexity index is 398. The zero-order chi connectivity index (χ0) is 11.5. The van der Waals surface area contributed by atoms with Crippen LogP contribution < -0.4 is 10.6 Å². The van der Waals surface area contributed by atoms with E-state index in [1.54, 1.807) is 18.2 Å². The minimum absolute atomic E-state index is 0.307. The van der Waals surface area contributed by atoms with Gasteiger partial charge in [0.05, 0.1) is 16.9 Å². The summed E-state index contributed by atoms with van der Waals surface area (Å²) in [6, 6.07) is 5.06. The minimum atomic E-state index is -0.909. The van der Waals surface area contributed by atoms with Crippen LogP contribution in [0, 0.1) is 0 Å². The van der Waals surface area contributed by atoms with Crippen molar-refractivity contribution in [2.45, 2.75) is 19.3 Å². The van der Waals surface area contributed by atoms with Crippen LogP contribution in [0.15, 0.2) is 18.2 Å². The van der Waals surface area contributed by atoms with Gasteiger partial charge in [-0.1, -0.05) is 6.07 Å². The van der Waals surface area contributed by atoms with Gasteiger partial charge in [0.1, 0.15) is 0 Å². The summed E-state index contributed by atoms with van der Waals surface area (Å²) in [5.41, 5.74) is 7.44. The van der Waals surface area contributed by atoms with Gasteiger partial charge in [0.2, 0.25) is 0 Å². The lowest BCUT2D eigenvalue weighted by molar-refractivity contribution is 0.0697. The summed E-state index contributed by atoms with van der Waals surface area (Å²) in [4.78, 5) is 13.2. The summed E-state index contributed by atoms with van der Waals surface area (Å²) in [6.45, 7) is 1.79. The van der Waals surface area contributed by atoms with Crippen LogP contribution in [0.5, 0.6) is 0 Å². The van der Waals surface area contributed by atoms with Crippen LogP contribution >= 0.6 is 0 Å². The molecule has 0 amide bonds. The van der Waals surface area contributed by atoms with E-state index in [1.165, 1.54) is 6.42 Å². The fraction of sp³-hybridized carbons (Fsp3) is 0.417. The third-order valence-electron chi connectivity index (χ3n) is 2.97. The van der Waals surface area contributed by atoms with Crippen molar-refractivity contribution in [2.75, 3.05) is 23.7 Å². The number of carboxylic acid groups (broad SMARTS) is 1. The average Bonchev–Trinajstić information content (AvgIpc) is 2.29. The van der Waals surface area contributed by atoms with Crippen LogP contribution in [0.4, 0.5) is 11.4 Å². The summed E-state index contributed by atoms with van der Waals surface area (Å²) < 4.78 is 0. The van der Waals surface area contributed by atoms with E-state index in [1.807, 2.05) is 0 Å². The van der Waals surface area contributed by atoms with Crippen LogP contribution in [-0.4, -0.2) is 24.2 Å². The average molecular weight is 220 g/mol. The molecule has 86 valence electrons. The molecule has 4 heteroatoms. The SMILES string of the molecule is Nc1cccc(C(=O)O)c1N1CCCCC1. The van der Waals surface area contributed by atoms with Crippen molar-refractivity contribution in [1.82, 2.24) is 0 Å². The van der Waals surface area contributed by atoms with Crippen molar-refractivity contribution < 1.29 is 9.90 Å². The molecule has 1 aromatic carbocycles. The molecular formula is C12H16N2O2. The highest BCUT2D eigenvalue weighted by molar-refractivity contribution is 5.98. The van der Waals surface area contributed by atoms with E-state index in [0.717, 1.165) is 25.9 Å². The second kappa shape index (κ2) is 4.43. The number of hydrogen-bond donors (Lipinski definition) is 2. The number of hydrogen-bond acceptors (Lipinski definition) is 3.